The molecule has 1 fully saturated rings. The van der Waals surface area contributed by atoms with Crippen LogP contribution >= 0.6 is 0 Å². The number of nitrogen functional groups attached to an aromatic ring is 1. The van der Waals surface area contributed by atoms with E-state index in [2.05, 4.69) is 9.97 Å². The van der Waals surface area contributed by atoms with Crippen LogP contribution in [0.5, 0.6) is 0 Å². The van der Waals surface area contributed by atoms with Crippen LogP contribution in [0, 0.1) is 11.3 Å². The fourth-order valence-electron chi connectivity index (χ4n) is 2.06. The highest BCUT2D eigenvalue weighted by molar-refractivity contribution is 5.75. The van der Waals surface area contributed by atoms with E-state index in [1.807, 2.05) is 10.6 Å². The van der Waals surface area contributed by atoms with Crippen LogP contribution in [0.1, 0.15) is 31.0 Å². The number of hydrogen-bond donors (Lipinski definition) is 1. The summed E-state index contributed by atoms with van der Waals surface area (Å²) in [5.74, 6) is 0.502. The van der Waals surface area contributed by atoms with Gasteiger partial charge in [-0.05, 0) is 31.4 Å². The molecule has 2 heterocycles. The normalized spacial score (nSPS) is 15.9. The number of anilines is 1. The quantitative estimate of drug-likeness (QED) is 0.780. The minimum absolute atomic E-state index is 0.409. The van der Waals surface area contributed by atoms with Gasteiger partial charge in [0.1, 0.15) is 17.3 Å². The van der Waals surface area contributed by atoms with E-state index in [4.69, 9.17) is 11.0 Å². The molecule has 0 amide bonds. The third-order valence-corrected chi connectivity index (χ3v) is 3.12. The van der Waals surface area contributed by atoms with E-state index in [-0.39, 0.29) is 0 Å². The molecule has 0 unspecified atom stereocenters. The smallest absolute Gasteiger partial charge is 0.202 e. The number of fused-ring (bicyclic) bond motifs is 1. The van der Waals surface area contributed by atoms with Gasteiger partial charge >= 0.3 is 0 Å². The zero-order chi connectivity index (χ0) is 11.1. The fourth-order valence-corrected chi connectivity index (χ4v) is 2.06. The Kier molecular flexibility index (Phi) is 1.83. The summed E-state index contributed by atoms with van der Waals surface area (Å²) < 4.78 is 1.96. The molecule has 5 nitrogen and oxygen atoms in total. The van der Waals surface area contributed by atoms with E-state index in [9.17, 15) is 0 Å². The number of nitriles is 1. The molecule has 5 heteroatoms. The number of nitrogens with two attached hydrogens (primary N) is 1. The van der Waals surface area contributed by atoms with Crippen molar-refractivity contribution in [3.8, 4) is 6.07 Å². The van der Waals surface area contributed by atoms with E-state index in [0.717, 1.165) is 24.0 Å². The molecule has 16 heavy (non-hydrogen) atoms. The van der Waals surface area contributed by atoms with Crippen LogP contribution in [0.25, 0.3) is 11.2 Å². The van der Waals surface area contributed by atoms with Crippen molar-refractivity contribution in [2.45, 2.75) is 25.3 Å². The van der Waals surface area contributed by atoms with Gasteiger partial charge in [-0.2, -0.15) is 5.26 Å². The van der Waals surface area contributed by atoms with Crippen LogP contribution in [0.3, 0.4) is 0 Å². The van der Waals surface area contributed by atoms with Crippen LogP contribution in [-0.2, 0) is 0 Å². The standard InChI is InChI=1S/C11H11N5/c12-6-7-4-5-9-10(14-7)16(11(13)15-9)8-2-1-3-8/h4-5,8H,1-3H2,(H2,13,15). The zero-order valence-corrected chi connectivity index (χ0v) is 8.72. The van der Waals surface area contributed by atoms with Crippen LogP contribution in [-0.4, -0.2) is 14.5 Å². The molecular weight excluding hydrogens is 202 g/mol. The number of rotatable bonds is 1. The Morgan fingerprint density at radius 2 is 2.19 bits per heavy atom. The summed E-state index contributed by atoms with van der Waals surface area (Å²) >= 11 is 0. The zero-order valence-electron chi connectivity index (χ0n) is 8.72. The predicted octanol–water partition coefficient (Wildman–Crippen LogP) is 1.61. The topological polar surface area (TPSA) is 80.5 Å². The third kappa shape index (κ3) is 1.16. The molecule has 1 aliphatic carbocycles. The van der Waals surface area contributed by atoms with Gasteiger partial charge in [-0.15, -0.1) is 0 Å². The van der Waals surface area contributed by atoms with E-state index in [1.54, 1.807) is 12.1 Å². The van der Waals surface area contributed by atoms with Crippen molar-refractivity contribution < 1.29 is 0 Å². The molecule has 0 aliphatic heterocycles. The summed E-state index contributed by atoms with van der Waals surface area (Å²) in [5.41, 5.74) is 7.80. The van der Waals surface area contributed by atoms with Gasteiger partial charge in [0.2, 0.25) is 5.95 Å². The van der Waals surface area contributed by atoms with Gasteiger partial charge in [0.15, 0.2) is 5.65 Å². The Morgan fingerprint density at radius 3 is 2.81 bits per heavy atom. The molecule has 2 aromatic rings. The third-order valence-electron chi connectivity index (χ3n) is 3.12. The van der Waals surface area contributed by atoms with Crippen molar-refractivity contribution in [2.75, 3.05) is 5.73 Å². The van der Waals surface area contributed by atoms with Crippen molar-refractivity contribution >= 4 is 17.1 Å². The van der Waals surface area contributed by atoms with E-state index >= 15 is 0 Å². The average Bonchev–Trinajstić information content (AvgIpc) is 2.53. The number of pyridine rings is 1. The molecule has 1 aliphatic rings. The summed E-state index contributed by atoms with van der Waals surface area (Å²) in [6.45, 7) is 0. The molecule has 3 rings (SSSR count). The molecule has 0 spiro atoms. The molecule has 0 atom stereocenters. The number of hydrogen-bond acceptors (Lipinski definition) is 4. The summed E-state index contributed by atoms with van der Waals surface area (Å²) in [7, 11) is 0. The lowest BCUT2D eigenvalue weighted by Gasteiger charge is -2.27. The van der Waals surface area contributed by atoms with Gasteiger partial charge in [0.05, 0.1) is 0 Å². The molecule has 2 aromatic heterocycles. The molecule has 0 bridgehead atoms. The minimum atomic E-state index is 0.409. The maximum absolute atomic E-state index is 8.83. The van der Waals surface area contributed by atoms with Gasteiger partial charge in [0, 0.05) is 6.04 Å². The fraction of sp³-hybridized carbons (Fsp3) is 0.364. The molecule has 80 valence electrons. The highest BCUT2D eigenvalue weighted by Crippen LogP contribution is 2.35. The monoisotopic (exact) mass is 213 g/mol. The molecule has 0 saturated heterocycles. The van der Waals surface area contributed by atoms with Gasteiger partial charge in [-0.25, -0.2) is 9.97 Å². The molecular formula is C11H11N5. The second-order valence-electron chi connectivity index (χ2n) is 4.08. The Bertz CT molecular complexity index is 588. The number of imidazole rings is 1. The summed E-state index contributed by atoms with van der Waals surface area (Å²) in [5, 5.41) is 8.83. The van der Waals surface area contributed by atoms with Crippen molar-refractivity contribution in [3.63, 3.8) is 0 Å². The molecule has 0 radical (unpaired) electrons. The minimum Gasteiger partial charge on any atom is -0.369 e. The van der Waals surface area contributed by atoms with Gasteiger partial charge in [-0.3, -0.25) is 4.57 Å². The van der Waals surface area contributed by atoms with E-state index < -0.39 is 0 Å². The number of aromatic nitrogens is 3. The van der Waals surface area contributed by atoms with E-state index in [1.165, 1.54) is 6.42 Å². The summed E-state index contributed by atoms with van der Waals surface area (Å²) in [4.78, 5) is 8.54. The summed E-state index contributed by atoms with van der Waals surface area (Å²) in [6, 6.07) is 5.91. The van der Waals surface area contributed by atoms with Crippen molar-refractivity contribution in [1.29, 1.82) is 5.26 Å². The Balaban J connectivity index is 2.24. The van der Waals surface area contributed by atoms with Crippen LogP contribution in [0.15, 0.2) is 12.1 Å². The Hall–Kier alpha value is -2.09. The summed E-state index contributed by atoms with van der Waals surface area (Å²) in [6.07, 6.45) is 3.46. The Labute approximate surface area is 92.5 Å². The van der Waals surface area contributed by atoms with Crippen LogP contribution < -0.4 is 5.73 Å². The second-order valence-corrected chi connectivity index (χ2v) is 4.08. The maximum Gasteiger partial charge on any atom is 0.202 e. The predicted molar refractivity (Wildman–Crippen MR) is 59.5 cm³/mol. The first-order chi connectivity index (χ1) is 7.79. The van der Waals surface area contributed by atoms with Crippen molar-refractivity contribution in [3.05, 3.63) is 17.8 Å². The van der Waals surface area contributed by atoms with Crippen molar-refractivity contribution in [1.82, 2.24) is 14.5 Å². The first-order valence-corrected chi connectivity index (χ1v) is 5.34. The lowest BCUT2D eigenvalue weighted by molar-refractivity contribution is 0.323. The maximum atomic E-state index is 8.83. The SMILES string of the molecule is N#Cc1ccc2nc(N)n(C3CCC3)c2n1. The highest BCUT2D eigenvalue weighted by Gasteiger charge is 2.24. The first kappa shape index (κ1) is 9.16. The van der Waals surface area contributed by atoms with Gasteiger partial charge in [-0.1, -0.05) is 0 Å². The highest BCUT2D eigenvalue weighted by atomic mass is 15.2. The lowest BCUT2D eigenvalue weighted by atomic mass is 9.93. The first-order valence-electron chi connectivity index (χ1n) is 5.34. The number of nitrogens with zero attached hydrogens (tertiary/aromatic N) is 4. The van der Waals surface area contributed by atoms with Gasteiger partial charge in [0.25, 0.3) is 0 Å². The van der Waals surface area contributed by atoms with E-state index in [0.29, 0.717) is 17.7 Å². The lowest BCUT2D eigenvalue weighted by Crippen LogP contribution is -2.19. The molecule has 1 saturated carbocycles. The molecule has 2 N–H and O–H groups in total. The molecule has 0 aromatic carbocycles. The Morgan fingerprint density at radius 1 is 1.38 bits per heavy atom. The van der Waals surface area contributed by atoms with Crippen molar-refractivity contribution in [2.24, 2.45) is 0 Å². The van der Waals surface area contributed by atoms with Gasteiger partial charge < -0.3 is 5.73 Å². The average molecular weight is 213 g/mol. The second kappa shape index (κ2) is 3.20. The van der Waals surface area contributed by atoms with Crippen LogP contribution in [0.4, 0.5) is 5.95 Å². The van der Waals surface area contributed by atoms with Crippen LogP contribution in [0.2, 0.25) is 0 Å². The largest absolute Gasteiger partial charge is 0.369 e.